The van der Waals surface area contributed by atoms with E-state index in [9.17, 15) is 9.59 Å². The molecule has 0 bridgehead atoms. The highest BCUT2D eigenvalue weighted by Crippen LogP contribution is 2.65. The first-order valence-corrected chi connectivity index (χ1v) is 10.2. The summed E-state index contributed by atoms with van der Waals surface area (Å²) in [6.07, 6.45) is 6.94. The largest absolute Gasteiger partial charge is 0.486 e. The number of hydrogen-bond acceptors (Lipinski definition) is 3. The Kier molecular flexibility index (Phi) is 3.67. The van der Waals surface area contributed by atoms with Gasteiger partial charge in [-0.15, -0.1) is 0 Å². The summed E-state index contributed by atoms with van der Waals surface area (Å²) in [4.78, 5) is 25.5. The molecule has 1 aromatic carbocycles. The number of nitrogens with one attached hydrogen (secondary N) is 1. The van der Waals surface area contributed by atoms with Crippen molar-refractivity contribution >= 4 is 11.7 Å². The summed E-state index contributed by atoms with van der Waals surface area (Å²) in [7, 11) is 0. The van der Waals surface area contributed by atoms with E-state index in [0.29, 0.717) is 29.7 Å². The molecule has 3 aliphatic carbocycles. The minimum Gasteiger partial charge on any atom is -0.486 e. The number of ketones is 1. The van der Waals surface area contributed by atoms with Crippen LogP contribution in [0.3, 0.4) is 0 Å². The third-order valence-corrected chi connectivity index (χ3v) is 7.30. The Balaban J connectivity index is 1.30. The van der Waals surface area contributed by atoms with Crippen molar-refractivity contribution in [1.82, 2.24) is 5.32 Å². The van der Waals surface area contributed by atoms with Crippen molar-refractivity contribution in [2.24, 2.45) is 23.7 Å². The molecule has 1 heterocycles. The van der Waals surface area contributed by atoms with E-state index in [1.54, 1.807) is 0 Å². The average Bonchev–Trinajstić information content (AvgIpc) is 3.29. The van der Waals surface area contributed by atoms with Gasteiger partial charge in [-0.25, -0.2) is 0 Å². The van der Waals surface area contributed by atoms with Crippen LogP contribution in [0.5, 0.6) is 5.75 Å². The van der Waals surface area contributed by atoms with Crippen LogP contribution in [0.1, 0.15) is 62.2 Å². The van der Waals surface area contributed by atoms with E-state index < -0.39 is 5.60 Å². The number of hydrogen-bond donors (Lipinski definition) is 1. The second-order valence-electron chi connectivity index (χ2n) is 8.98. The van der Waals surface area contributed by atoms with Gasteiger partial charge < -0.3 is 10.1 Å². The molecule has 0 unspecified atom stereocenters. The Bertz CT molecular complexity index is 752. The molecule has 1 aromatic rings. The number of carbonyl (C=O) groups excluding carboxylic acids is 2. The first kappa shape index (κ1) is 16.3. The van der Waals surface area contributed by atoms with Crippen molar-refractivity contribution in [1.29, 1.82) is 0 Å². The second-order valence-corrected chi connectivity index (χ2v) is 8.98. The molecule has 3 saturated carbocycles. The van der Waals surface area contributed by atoms with E-state index in [0.717, 1.165) is 31.6 Å². The number of amides is 1. The predicted molar refractivity (Wildman–Crippen MR) is 98.0 cm³/mol. The van der Waals surface area contributed by atoms with E-state index in [1.807, 2.05) is 24.3 Å². The van der Waals surface area contributed by atoms with Crippen LogP contribution in [0.2, 0.25) is 0 Å². The zero-order valence-corrected chi connectivity index (χ0v) is 15.4. The summed E-state index contributed by atoms with van der Waals surface area (Å²) >= 11 is 0. The molecular formula is C22H27NO3. The Hall–Kier alpha value is -1.84. The molecule has 26 heavy (non-hydrogen) atoms. The third-order valence-electron chi connectivity index (χ3n) is 7.30. The van der Waals surface area contributed by atoms with Gasteiger partial charge in [-0.3, -0.25) is 9.59 Å². The average molecular weight is 353 g/mol. The Morgan fingerprint density at radius 3 is 2.73 bits per heavy atom. The van der Waals surface area contributed by atoms with E-state index in [1.165, 1.54) is 12.8 Å². The molecule has 5 rings (SSSR count). The van der Waals surface area contributed by atoms with Crippen LogP contribution in [-0.2, 0) is 4.79 Å². The van der Waals surface area contributed by atoms with Gasteiger partial charge in [0, 0.05) is 17.9 Å². The van der Waals surface area contributed by atoms with Gasteiger partial charge >= 0.3 is 0 Å². The van der Waals surface area contributed by atoms with Crippen LogP contribution in [0.15, 0.2) is 24.3 Å². The molecule has 4 atom stereocenters. The summed E-state index contributed by atoms with van der Waals surface area (Å²) in [6.45, 7) is 2.29. The lowest BCUT2D eigenvalue weighted by Gasteiger charge is -2.37. The number of benzene rings is 1. The van der Waals surface area contributed by atoms with Gasteiger partial charge in [0.05, 0.1) is 12.0 Å². The standard InChI is InChI=1S/C22H27NO3/c1-13-6-8-14(9-7-13)23-21(25)19-16-10-11-22(20(16)19)12-17(24)15-4-2-3-5-18(15)26-22/h2-5,13-14,16,19-20H,6-12H2,1H3,(H,23,25)/t13?,14?,16-,19+,20+,22-/m1/s1. The van der Waals surface area contributed by atoms with Crippen LogP contribution in [0, 0.1) is 23.7 Å². The number of Topliss-reactive ketones (excluding diaryl/α,β-unsaturated/α-hetero) is 1. The molecule has 0 saturated heterocycles. The lowest BCUT2D eigenvalue weighted by atomic mass is 9.84. The summed E-state index contributed by atoms with van der Waals surface area (Å²) < 4.78 is 6.39. The topological polar surface area (TPSA) is 55.4 Å². The Morgan fingerprint density at radius 1 is 1.15 bits per heavy atom. The molecule has 138 valence electrons. The molecule has 1 amide bonds. The highest BCUT2D eigenvalue weighted by atomic mass is 16.5. The molecule has 1 spiro atoms. The van der Waals surface area contributed by atoms with Gasteiger partial charge in [0.1, 0.15) is 11.4 Å². The molecule has 4 aliphatic rings. The van der Waals surface area contributed by atoms with Crippen molar-refractivity contribution in [3.05, 3.63) is 29.8 Å². The minimum atomic E-state index is -0.445. The maximum absolute atomic E-state index is 12.9. The number of para-hydroxylation sites is 1. The van der Waals surface area contributed by atoms with Gasteiger partial charge in [0.15, 0.2) is 5.78 Å². The number of fused-ring (bicyclic) bond motifs is 3. The summed E-state index contributed by atoms with van der Waals surface area (Å²) in [6, 6.07) is 7.87. The quantitative estimate of drug-likeness (QED) is 0.881. The van der Waals surface area contributed by atoms with E-state index in [2.05, 4.69) is 12.2 Å². The molecule has 1 N–H and O–H groups in total. The fourth-order valence-electron chi connectivity index (χ4n) is 5.82. The highest BCUT2D eigenvalue weighted by molar-refractivity contribution is 6.00. The van der Waals surface area contributed by atoms with Crippen LogP contribution in [0.4, 0.5) is 0 Å². The normalized spacial score (nSPS) is 40.5. The SMILES string of the molecule is CC1CCC(NC(=O)[C@H]2[C@H]3CC[C@@]4(CC(=O)c5ccccc5O4)[C@@H]32)CC1. The number of ether oxygens (including phenoxy) is 1. The summed E-state index contributed by atoms with van der Waals surface area (Å²) in [5.41, 5.74) is 0.249. The zero-order chi connectivity index (χ0) is 17.9. The molecule has 1 aliphatic heterocycles. The maximum Gasteiger partial charge on any atom is 0.224 e. The lowest BCUT2D eigenvalue weighted by Crippen LogP contribution is -2.45. The zero-order valence-electron chi connectivity index (χ0n) is 15.4. The third kappa shape index (κ3) is 2.49. The van der Waals surface area contributed by atoms with Gasteiger partial charge in [-0.05, 0) is 62.5 Å². The molecule has 4 nitrogen and oxygen atoms in total. The van der Waals surface area contributed by atoms with Crippen molar-refractivity contribution < 1.29 is 14.3 Å². The van der Waals surface area contributed by atoms with E-state index >= 15 is 0 Å². The highest BCUT2D eigenvalue weighted by Gasteiger charge is 2.70. The van der Waals surface area contributed by atoms with Gasteiger partial charge in [-0.2, -0.15) is 0 Å². The number of carbonyl (C=O) groups is 2. The predicted octanol–water partition coefficient (Wildman–Crippen LogP) is 3.74. The van der Waals surface area contributed by atoms with Crippen molar-refractivity contribution in [3.63, 3.8) is 0 Å². The van der Waals surface area contributed by atoms with Crippen molar-refractivity contribution in [3.8, 4) is 5.75 Å². The summed E-state index contributed by atoms with van der Waals surface area (Å²) in [5.74, 6) is 2.51. The monoisotopic (exact) mass is 353 g/mol. The number of rotatable bonds is 2. The fraction of sp³-hybridized carbons (Fsp3) is 0.636. The lowest BCUT2D eigenvalue weighted by molar-refractivity contribution is -0.125. The van der Waals surface area contributed by atoms with Crippen LogP contribution in [-0.4, -0.2) is 23.3 Å². The van der Waals surface area contributed by atoms with Crippen LogP contribution < -0.4 is 10.1 Å². The van der Waals surface area contributed by atoms with Crippen LogP contribution >= 0.6 is 0 Å². The second kappa shape index (κ2) is 5.83. The fourth-order valence-corrected chi connectivity index (χ4v) is 5.82. The molecular weight excluding hydrogens is 326 g/mol. The van der Waals surface area contributed by atoms with Gasteiger partial charge in [-0.1, -0.05) is 19.1 Å². The van der Waals surface area contributed by atoms with Gasteiger partial charge in [0.25, 0.3) is 0 Å². The maximum atomic E-state index is 12.9. The van der Waals surface area contributed by atoms with Gasteiger partial charge in [0.2, 0.25) is 5.91 Å². The molecule has 0 radical (unpaired) electrons. The Labute approximate surface area is 154 Å². The Morgan fingerprint density at radius 2 is 1.92 bits per heavy atom. The first-order valence-electron chi connectivity index (χ1n) is 10.2. The first-order chi connectivity index (χ1) is 12.6. The minimum absolute atomic E-state index is 0.0427. The van der Waals surface area contributed by atoms with Crippen LogP contribution in [0.25, 0.3) is 0 Å². The molecule has 3 fully saturated rings. The van der Waals surface area contributed by atoms with Crippen molar-refractivity contribution in [2.45, 2.75) is 63.5 Å². The smallest absolute Gasteiger partial charge is 0.224 e. The van der Waals surface area contributed by atoms with Crippen molar-refractivity contribution in [2.75, 3.05) is 0 Å². The van der Waals surface area contributed by atoms with E-state index in [4.69, 9.17) is 4.74 Å². The molecule has 4 heteroatoms. The van der Waals surface area contributed by atoms with E-state index in [-0.39, 0.29) is 23.5 Å². The summed E-state index contributed by atoms with van der Waals surface area (Å²) in [5, 5.41) is 3.30. The molecule has 0 aromatic heterocycles.